The van der Waals surface area contributed by atoms with Gasteiger partial charge < -0.3 is 4.74 Å². The Morgan fingerprint density at radius 1 is 1.21 bits per heavy atom. The zero-order valence-corrected chi connectivity index (χ0v) is 17.0. The molecular formula is C23H24N2O2S. The van der Waals surface area contributed by atoms with Crippen LogP contribution < -0.4 is 9.64 Å². The number of hydrogen-bond donors (Lipinski definition) is 0. The van der Waals surface area contributed by atoms with E-state index in [4.69, 9.17) is 4.74 Å². The second kappa shape index (κ2) is 8.15. The van der Waals surface area contributed by atoms with Crippen molar-refractivity contribution in [2.45, 2.75) is 25.7 Å². The van der Waals surface area contributed by atoms with Crippen LogP contribution in [0.3, 0.4) is 0 Å². The molecule has 5 heteroatoms. The summed E-state index contributed by atoms with van der Waals surface area (Å²) in [6.45, 7) is 2.62. The van der Waals surface area contributed by atoms with Gasteiger partial charge in [0, 0.05) is 17.8 Å². The fraction of sp³-hybridized carbons (Fsp3) is 0.304. The summed E-state index contributed by atoms with van der Waals surface area (Å²) >= 11 is 1.54. The van der Waals surface area contributed by atoms with Crippen LogP contribution in [0.5, 0.6) is 5.75 Å². The third-order valence-corrected chi connectivity index (χ3v) is 6.18. The average Bonchev–Trinajstić information content (AvgIpc) is 3.43. The summed E-state index contributed by atoms with van der Waals surface area (Å²) in [5.74, 6) is 1.31. The quantitative estimate of drug-likeness (QED) is 0.578. The number of benzene rings is 2. The van der Waals surface area contributed by atoms with Crippen molar-refractivity contribution in [3.8, 4) is 5.75 Å². The summed E-state index contributed by atoms with van der Waals surface area (Å²) < 4.78 is 5.33. The summed E-state index contributed by atoms with van der Waals surface area (Å²) in [4.78, 5) is 19.8. The van der Waals surface area contributed by atoms with Gasteiger partial charge in [-0.3, -0.25) is 9.69 Å². The first-order valence-electron chi connectivity index (χ1n) is 9.57. The number of amides is 1. The van der Waals surface area contributed by atoms with Crippen LogP contribution in [0.15, 0.2) is 60.0 Å². The molecule has 28 heavy (non-hydrogen) atoms. The van der Waals surface area contributed by atoms with Crippen molar-refractivity contribution in [3.63, 3.8) is 0 Å². The number of hydrogen-bond acceptors (Lipinski definition) is 4. The number of carbonyl (C=O) groups excluding carboxylic acids is 1. The molecule has 1 aromatic heterocycles. The van der Waals surface area contributed by atoms with Gasteiger partial charge in [0.1, 0.15) is 5.75 Å². The number of nitrogens with zero attached hydrogens (tertiary/aromatic N) is 2. The van der Waals surface area contributed by atoms with Crippen LogP contribution in [0.25, 0.3) is 0 Å². The first-order chi connectivity index (χ1) is 13.7. The van der Waals surface area contributed by atoms with E-state index in [1.54, 1.807) is 18.4 Å². The van der Waals surface area contributed by atoms with Gasteiger partial charge in [0.2, 0.25) is 5.91 Å². The maximum absolute atomic E-state index is 13.3. The van der Waals surface area contributed by atoms with E-state index in [9.17, 15) is 4.79 Å². The fourth-order valence-corrected chi connectivity index (χ4v) is 4.39. The lowest BCUT2D eigenvalue weighted by atomic mass is 10.1. The first-order valence-corrected chi connectivity index (χ1v) is 10.4. The molecule has 0 saturated heterocycles. The van der Waals surface area contributed by atoms with E-state index in [1.807, 2.05) is 53.6 Å². The minimum absolute atomic E-state index is 0.0204. The van der Waals surface area contributed by atoms with E-state index in [1.165, 1.54) is 11.1 Å². The number of aryl methyl sites for hydroxylation is 1. The Bertz CT molecular complexity index is 954. The highest BCUT2D eigenvalue weighted by Gasteiger charge is 2.46. The highest BCUT2D eigenvalue weighted by molar-refractivity contribution is 7.14. The normalized spacial score (nSPS) is 17.9. The van der Waals surface area contributed by atoms with Gasteiger partial charge in [-0.25, -0.2) is 4.98 Å². The molecule has 2 unspecified atom stereocenters. The zero-order valence-electron chi connectivity index (χ0n) is 16.2. The van der Waals surface area contributed by atoms with Gasteiger partial charge >= 0.3 is 0 Å². The number of carbonyl (C=O) groups is 1. The van der Waals surface area contributed by atoms with Crippen molar-refractivity contribution in [2.75, 3.05) is 18.6 Å². The molecule has 3 aromatic rings. The molecule has 2 atom stereocenters. The van der Waals surface area contributed by atoms with Gasteiger partial charge in [-0.05, 0) is 48.9 Å². The summed E-state index contributed by atoms with van der Waals surface area (Å²) in [6, 6.07) is 18.3. The molecule has 1 amide bonds. The minimum atomic E-state index is 0.0204. The van der Waals surface area contributed by atoms with Crippen LogP contribution in [-0.2, 0) is 11.2 Å². The molecule has 0 radical (unpaired) electrons. The molecule has 0 spiro atoms. The fourth-order valence-electron chi connectivity index (χ4n) is 3.56. The van der Waals surface area contributed by atoms with Crippen LogP contribution in [0.4, 0.5) is 5.13 Å². The summed E-state index contributed by atoms with van der Waals surface area (Å²) in [5, 5.41) is 2.81. The Morgan fingerprint density at radius 3 is 2.75 bits per heavy atom. The van der Waals surface area contributed by atoms with Gasteiger partial charge in [0.05, 0.1) is 12.8 Å². The molecule has 2 aromatic carbocycles. The van der Waals surface area contributed by atoms with Crippen molar-refractivity contribution < 1.29 is 9.53 Å². The largest absolute Gasteiger partial charge is 0.497 e. The molecule has 144 valence electrons. The van der Waals surface area contributed by atoms with Gasteiger partial charge in [0.25, 0.3) is 0 Å². The average molecular weight is 393 g/mol. The van der Waals surface area contributed by atoms with Crippen LogP contribution in [0.2, 0.25) is 0 Å². The summed E-state index contributed by atoms with van der Waals surface area (Å²) in [5.41, 5.74) is 3.36. The van der Waals surface area contributed by atoms with Gasteiger partial charge in [-0.2, -0.15) is 0 Å². The third-order valence-electron chi connectivity index (χ3n) is 5.20. The molecule has 0 bridgehead atoms. The maximum atomic E-state index is 13.3. The Labute approximate surface area is 169 Å². The topological polar surface area (TPSA) is 42.4 Å². The van der Waals surface area contributed by atoms with E-state index >= 15 is 0 Å². The molecule has 1 aliphatic rings. The number of methoxy groups -OCH3 is 1. The zero-order chi connectivity index (χ0) is 19.5. The van der Waals surface area contributed by atoms with E-state index in [-0.39, 0.29) is 17.7 Å². The molecule has 1 heterocycles. The lowest BCUT2D eigenvalue weighted by molar-refractivity contribution is -0.119. The van der Waals surface area contributed by atoms with Crippen molar-refractivity contribution in [1.29, 1.82) is 0 Å². The monoisotopic (exact) mass is 392 g/mol. The lowest BCUT2D eigenvalue weighted by Crippen LogP contribution is -2.34. The Morgan fingerprint density at radius 2 is 2.04 bits per heavy atom. The number of ether oxygens (including phenoxy) is 1. The second-order valence-electron chi connectivity index (χ2n) is 7.22. The van der Waals surface area contributed by atoms with Crippen LogP contribution in [-0.4, -0.2) is 24.5 Å². The standard InChI is InChI=1S/C23H24N2O2S/c1-16-15-28-23(24-16)25(12-11-17-7-4-3-5-8-17)22(26)21-14-20(21)18-9-6-10-19(13-18)27-2/h3-10,13,15,20-21H,11-12,14H2,1-2H3. The molecular weight excluding hydrogens is 368 g/mol. The van der Waals surface area contributed by atoms with E-state index in [2.05, 4.69) is 23.2 Å². The smallest absolute Gasteiger partial charge is 0.232 e. The van der Waals surface area contributed by atoms with Crippen molar-refractivity contribution in [3.05, 3.63) is 76.8 Å². The van der Waals surface area contributed by atoms with E-state index in [0.717, 1.165) is 29.4 Å². The third kappa shape index (κ3) is 4.09. The molecule has 4 rings (SSSR count). The molecule has 4 nitrogen and oxygen atoms in total. The Hall–Kier alpha value is -2.66. The maximum Gasteiger partial charge on any atom is 0.232 e. The van der Waals surface area contributed by atoms with Crippen molar-refractivity contribution >= 4 is 22.4 Å². The van der Waals surface area contributed by atoms with Crippen molar-refractivity contribution in [2.24, 2.45) is 5.92 Å². The SMILES string of the molecule is COc1cccc(C2CC2C(=O)N(CCc2ccccc2)c2nc(C)cs2)c1. The molecule has 1 aliphatic carbocycles. The molecule has 1 fully saturated rings. The predicted molar refractivity (Wildman–Crippen MR) is 113 cm³/mol. The van der Waals surface area contributed by atoms with Crippen LogP contribution in [0.1, 0.15) is 29.2 Å². The number of rotatable bonds is 7. The van der Waals surface area contributed by atoms with Gasteiger partial charge in [0.15, 0.2) is 5.13 Å². The molecule has 0 aliphatic heterocycles. The van der Waals surface area contributed by atoms with Crippen molar-refractivity contribution in [1.82, 2.24) is 4.98 Å². The number of thiazole rings is 1. The first kappa shape index (κ1) is 18.7. The summed E-state index contributed by atoms with van der Waals surface area (Å²) in [6.07, 6.45) is 1.71. The minimum Gasteiger partial charge on any atom is -0.497 e. The van der Waals surface area contributed by atoms with E-state index in [0.29, 0.717) is 6.54 Å². The molecule has 0 N–H and O–H groups in total. The Balaban J connectivity index is 1.50. The Kier molecular flexibility index (Phi) is 5.44. The van der Waals surface area contributed by atoms with Gasteiger partial charge in [-0.15, -0.1) is 11.3 Å². The lowest BCUT2D eigenvalue weighted by Gasteiger charge is -2.20. The summed E-state index contributed by atoms with van der Waals surface area (Å²) in [7, 11) is 1.67. The van der Waals surface area contributed by atoms with Crippen LogP contribution in [0, 0.1) is 12.8 Å². The highest BCUT2D eigenvalue weighted by atomic mass is 32.1. The second-order valence-corrected chi connectivity index (χ2v) is 8.06. The number of aromatic nitrogens is 1. The predicted octanol–water partition coefficient (Wildman–Crippen LogP) is 4.84. The molecule has 1 saturated carbocycles. The highest BCUT2D eigenvalue weighted by Crippen LogP contribution is 2.49. The van der Waals surface area contributed by atoms with Gasteiger partial charge in [-0.1, -0.05) is 42.5 Å². The van der Waals surface area contributed by atoms with Crippen LogP contribution >= 0.6 is 11.3 Å². The number of anilines is 1. The van der Waals surface area contributed by atoms with E-state index < -0.39 is 0 Å².